The third-order valence-corrected chi connectivity index (χ3v) is 22.9. The second kappa shape index (κ2) is 4.02. The predicted molar refractivity (Wildman–Crippen MR) is 87.5 cm³/mol. The normalized spacial score (nSPS) is 21.9. The Morgan fingerprint density at radius 3 is 1.55 bits per heavy atom. The minimum absolute atomic E-state index is 0.433. The van der Waals surface area contributed by atoms with Gasteiger partial charge >= 0.3 is 129 Å². The molecule has 0 aromatic heterocycles. The summed E-state index contributed by atoms with van der Waals surface area (Å²) in [5, 5.41) is 3.77. The fourth-order valence-corrected chi connectivity index (χ4v) is 18.4. The Bertz CT molecular complexity index is 766. The van der Waals surface area contributed by atoms with Crippen molar-refractivity contribution in [2.75, 3.05) is 0 Å². The average Bonchev–Trinajstić information content (AvgIpc) is 3.01. The molecule has 22 heavy (non-hydrogen) atoms. The molecule has 0 amide bonds. The van der Waals surface area contributed by atoms with E-state index in [2.05, 4.69) is 0 Å². The molecule has 120 valence electrons. The molecule has 0 fully saturated rings. The molecule has 0 unspecified atom stereocenters. The zero-order valence-electron chi connectivity index (χ0n) is 13.7. The Balaban J connectivity index is 2.97. The molecule has 0 heterocycles. The zero-order valence-corrected chi connectivity index (χ0v) is 16.7. The molecule has 0 aromatic rings. The molecular weight excluding hydrogens is 332 g/mol. The van der Waals surface area contributed by atoms with Crippen LogP contribution >= 0.6 is 0 Å². The first-order valence-electron chi connectivity index (χ1n) is 7.51. The molecule has 0 aromatic carbocycles. The number of carbonyl (C=O) groups excluding carboxylic acids is 2. The molecule has 4 nitrogen and oxygen atoms in total. The SMILES string of the molecule is CC(=O)[O][Ti]([CH3])([CH3])(=[SiH2])([O]C(C)=O)([C]1=CC=CC1)[C]1=CC=CC1. The molecule has 0 aliphatic heterocycles. The molecule has 2 aliphatic rings. The third-order valence-electron chi connectivity index (χ3n) is 5.25. The van der Waals surface area contributed by atoms with Gasteiger partial charge in [-0.05, 0) is 0 Å². The molecule has 2 rings (SSSR count). The molecule has 0 atom stereocenters. The summed E-state index contributed by atoms with van der Waals surface area (Å²) in [7, 11) is 1.58. The second-order valence-corrected chi connectivity index (χ2v) is 35.3. The number of carbonyl (C=O) groups is 2. The van der Waals surface area contributed by atoms with Crippen molar-refractivity contribution in [1.29, 1.82) is 0 Å². The van der Waals surface area contributed by atoms with Crippen molar-refractivity contribution in [3.63, 3.8) is 0 Å². The van der Waals surface area contributed by atoms with Gasteiger partial charge in [0.2, 0.25) is 0 Å². The van der Waals surface area contributed by atoms with Crippen LogP contribution in [-0.2, 0) is 28.5 Å². The van der Waals surface area contributed by atoms with E-state index >= 15 is 0 Å². The van der Waals surface area contributed by atoms with Crippen molar-refractivity contribution in [3.8, 4) is 0 Å². The molecule has 2 aliphatic carbocycles. The van der Waals surface area contributed by atoms with Crippen LogP contribution in [0.2, 0.25) is 10.5 Å². The van der Waals surface area contributed by atoms with E-state index in [-0.39, 0.29) is 0 Å². The van der Waals surface area contributed by atoms with Gasteiger partial charge in [-0.25, -0.2) is 0 Å². The minimum atomic E-state index is -5.71. The van der Waals surface area contributed by atoms with E-state index < -0.39 is 24.2 Å². The summed E-state index contributed by atoms with van der Waals surface area (Å²) >= 11 is -5.71. The second-order valence-electron chi connectivity index (χ2n) is 8.12. The summed E-state index contributed by atoms with van der Waals surface area (Å²) in [5.74, 6) is -0.866. The molecule has 0 spiro atoms. The van der Waals surface area contributed by atoms with Gasteiger partial charge in [0.15, 0.2) is 0 Å². The van der Waals surface area contributed by atoms with E-state index in [0.717, 1.165) is 7.76 Å². The summed E-state index contributed by atoms with van der Waals surface area (Å²) in [6.45, 7) is 2.75. The van der Waals surface area contributed by atoms with Crippen LogP contribution in [0.4, 0.5) is 0 Å². The maximum atomic E-state index is 12.1. The Morgan fingerprint density at radius 2 is 1.32 bits per heavy atom. The van der Waals surface area contributed by atoms with Crippen LogP contribution in [0.3, 0.4) is 0 Å². The van der Waals surface area contributed by atoms with Crippen LogP contribution in [0.5, 0.6) is 0 Å². The Kier molecular flexibility index (Phi) is 3.14. The van der Waals surface area contributed by atoms with Gasteiger partial charge in [-0.1, -0.05) is 0 Å². The summed E-state index contributed by atoms with van der Waals surface area (Å²) in [6.07, 6.45) is 13.0. The van der Waals surface area contributed by atoms with Gasteiger partial charge in [-0.3, -0.25) is 0 Å². The van der Waals surface area contributed by atoms with E-state index in [9.17, 15) is 9.59 Å². The van der Waals surface area contributed by atoms with Crippen LogP contribution < -0.4 is 0 Å². The van der Waals surface area contributed by atoms with Crippen LogP contribution in [-0.4, -0.2) is 19.6 Å². The van der Waals surface area contributed by atoms with Gasteiger partial charge < -0.3 is 0 Å². The number of rotatable bonds is 4. The van der Waals surface area contributed by atoms with Gasteiger partial charge in [0.25, 0.3) is 0 Å². The van der Waals surface area contributed by atoms with Gasteiger partial charge in [0.05, 0.1) is 0 Å². The first-order chi connectivity index (χ1) is 9.86. The Hall–Kier alpha value is -1.17. The van der Waals surface area contributed by atoms with Crippen molar-refractivity contribution in [2.24, 2.45) is 0 Å². The van der Waals surface area contributed by atoms with Gasteiger partial charge in [-0.15, -0.1) is 0 Å². The first kappa shape index (κ1) is 17.2. The van der Waals surface area contributed by atoms with Crippen molar-refractivity contribution < 1.29 is 28.5 Å². The zero-order chi connectivity index (χ0) is 16.8. The van der Waals surface area contributed by atoms with Crippen LogP contribution in [0.15, 0.2) is 44.2 Å². The fourth-order valence-electron chi connectivity index (χ4n) is 4.06. The first-order valence-corrected chi connectivity index (χ1v) is 17.5. The standard InChI is InChI=1S/2C5H5.2C2H4O2.2CH3.H2Si.Ti/c2*1-2-4-5-3-1;2*1-2(3)4;;;;/h2*1-3H,4H2;2*1H3,(H,3,4);2*1H3;1H2;/q;;;;;;;+2/p-2. The summed E-state index contributed by atoms with van der Waals surface area (Å²) in [6, 6.07) is 0. The van der Waals surface area contributed by atoms with Gasteiger partial charge in [0.1, 0.15) is 0 Å². The van der Waals surface area contributed by atoms with Gasteiger partial charge in [0, 0.05) is 0 Å². The summed E-state index contributed by atoms with van der Waals surface area (Å²) < 4.78 is 14.1. The molecule has 0 saturated heterocycles. The predicted octanol–water partition coefficient (Wildman–Crippen LogP) is 3.04. The van der Waals surface area contributed by atoms with Crippen molar-refractivity contribution in [2.45, 2.75) is 37.1 Å². The number of hydrogen-bond donors (Lipinski definition) is 0. The fraction of sp³-hybridized carbons (Fsp3) is 0.375. The molecule has 0 radical (unpaired) electrons. The van der Waals surface area contributed by atoms with Crippen LogP contribution in [0.1, 0.15) is 26.7 Å². The van der Waals surface area contributed by atoms with Crippen molar-refractivity contribution >= 4 is 19.6 Å². The summed E-state index contributed by atoms with van der Waals surface area (Å²) in [5.41, 5.74) is 0. The molecule has 0 bridgehead atoms. The van der Waals surface area contributed by atoms with Crippen molar-refractivity contribution in [3.05, 3.63) is 44.2 Å². The van der Waals surface area contributed by atoms with Crippen LogP contribution in [0.25, 0.3) is 0 Å². The maximum absolute atomic E-state index is 12.1. The molecular formula is C16H24O4SiTi. The van der Waals surface area contributed by atoms with Gasteiger partial charge in [-0.2, -0.15) is 0 Å². The van der Waals surface area contributed by atoms with Crippen LogP contribution in [0, 0.1) is 0 Å². The van der Waals surface area contributed by atoms with E-state index in [4.69, 9.17) is 6.64 Å². The molecule has 0 N–H and O–H groups in total. The van der Waals surface area contributed by atoms with Crippen molar-refractivity contribution in [1.82, 2.24) is 0 Å². The third kappa shape index (κ3) is 2.15. The average molecular weight is 356 g/mol. The van der Waals surface area contributed by atoms with E-state index in [1.165, 1.54) is 13.8 Å². The van der Waals surface area contributed by atoms with E-state index in [1.54, 1.807) is 7.63 Å². The Morgan fingerprint density at radius 1 is 0.955 bits per heavy atom. The number of allylic oxidation sites excluding steroid dienone is 8. The van der Waals surface area contributed by atoms with E-state index in [0.29, 0.717) is 12.8 Å². The quantitative estimate of drug-likeness (QED) is 0.727. The number of hydrogen-bond acceptors (Lipinski definition) is 4. The van der Waals surface area contributed by atoms with E-state index in [1.807, 2.05) is 46.9 Å². The summed E-state index contributed by atoms with van der Waals surface area (Å²) in [4.78, 5) is 24.2. The topological polar surface area (TPSA) is 52.6 Å². The molecule has 0 saturated carbocycles. The molecule has 6 heteroatoms. The monoisotopic (exact) mass is 356 g/mol. The Labute approximate surface area is 129 Å².